The van der Waals surface area contributed by atoms with Gasteiger partial charge in [0.15, 0.2) is 6.29 Å². The molecule has 12 heteroatoms. The largest absolute Gasteiger partial charge is 0.460 e. The molecule has 0 aromatic rings. The van der Waals surface area contributed by atoms with Crippen LogP contribution in [0.2, 0.25) is 0 Å². The lowest BCUT2D eigenvalue weighted by Gasteiger charge is -2.44. The molecule has 0 aliphatic carbocycles. The zero-order chi connectivity index (χ0) is 19.1. The van der Waals surface area contributed by atoms with E-state index < -0.39 is 54.8 Å². The van der Waals surface area contributed by atoms with Gasteiger partial charge in [0.25, 0.3) is 0 Å². The Balaban J connectivity index is 3.25. The maximum absolute atomic E-state index is 13.9. The van der Waals surface area contributed by atoms with Gasteiger partial charge in [-0.2, -0.15) is 39.5 Å². The lowest BCUT2D eigenvalue weighted by molar-refractivity contribution is -0.413. The summed E-state index contributed by atoms with van der Waals surface area (Å²) in [5.74, 6) is -22.6. The monoisotopic (exact) mass is 378 g/mol. The van der Waals surface area contributed by atoms with E-state index in [1.807, 2.05) is 0 Å². The second kappa shape index (κ2) is 6.52. The van der Waals surface area contributed by atoms with Gasteiger partial charge in [-0.25, -0.2) is 0 Å². The summed E-state index contributed by atoms with van der Waals surface area (Å²) in [4.78, 5) is 0. The molecular formula is C12H15F9O3. The number of hydrogen-bond acceptors (Lipinski definition) is 3. The fourth-order valence-corrected chi connectivity index (χ4v) is 2.34. The number of aliphatic hydroxyl groups is 1. The van der Waals surface area contributed by atoms with Crippen molar-refractivity contribution in [3.63, 3.8) is 0 Å². The fraction of sp³-hybridized carbons (Fsp3) is 1.00. The molecule has 1 aliphatic rings. The van der Waals surface area contributed by atoms with E-state index in [0.29, 0.717) is 0 Å². The summed E-state index contributed by atoms with van der Waals surface area (Å²) in [5, 5.41) is 9.66. The van der Waals surface area contributed by atoms with Crippen LogP contribution in [0.15, 0.2) is 0 Å². The third kappa shape index (κ3) is 3.32. The average molecular weight is 378 g/mol. The predicted octanol–water partition coefficient (Wildman–Crippen LogP) is 3.60. The first-order valence-corrected chi connectivity index (χ1v) is 6.76. The Hall–Kier alpha value is -0.750. The molecule has 1 rings (SSSR count). The molecule has 4 atom stereocenters. The number of ether oxygens (including phenoxy) is 2. The first kappa shape index (κ1) is 21.3. The first-order valence-electron chi connectivity index (χ1n) is 6.76. The van der Waals surface area contributed by atoms with Crippen molar-refractivity contribution in [1.82, 2.24) is 0 Å². The lowest BCUT2D eigenvalue weighted by Crippen LogP contribution is -2.66. The van der Waals surface area contributed by atoms with Crippen LogP contribution in [0.25, 0.3) is 0 Å². The van der Waals surface area contributed by atoms with E-state index in [0.717, 1.165) is 6.92 Å². The Kier molecular flexibility index (Phi) is 5.79. The van der Waals surface area contributed by atoms with Gasteiger partial charge in [0, 0.05) is 6.61 Å². The quantitative estimate of drug-likeness (QED) is 0.743. The highest BCUT2D eigenvalue weighted by atomic mass is 19.4. The summed E-state index contributed by atoms with van der Waals surface area (Å²) in [5.41, 5.74) is 0. The third-order valence-electron chi connectivity index (χ3n) is 3.61. The Labute approximate surface area is 130 Å². The molecule has 3 nitrogen and oxygen atoms in total. The van der Waals surface area contributed by atoms with Crippen LogP contribution in [0, 0.1) is 5.92 Å². The molecule has 0 saturated carbocycles. The molecule has 1 fully saturated rings. The van der Waals surface area contributed by atoms with Crippen LogP contribution in [0.3, 0.4) is 0 Å². The standard InChI is InChI=1S/C12H15F9O3/c1-3-23-8-7(22)6(4-5(2)24-8)9(13,14)10(15,16)11(17,18)12(19,20)21/h5-8,22H,3-4H2,1-2H3/t5?,6?,7?,8-/m1/s1. The van der Waals surface area contributed by atoms with Crippen LogP contribution >= 0.6 is 0 Å². The molecule has 144 valence electrons. The fourth-order valence-electron chi connectivity index (χ4n) is 2.34. The summed E-state index contributed by atoms with van der Waals surface area (Å²) in [6.07, 6.45) is -13.6. The lowest BCUT2D eigenvalue weighted by atomic mass is 9.82. The molecule has 1 aliphatic heterocycles. The first-order chi connectivity index (χ1) is 10.6. The van der Waals surface area contributed by atoms with Crippen LogP contribution in [-0.2, 0) is 9.47 Å². The minimum atomic E-state index is -6.99. The van der Waals surface area contributed by atoms with Gasteiger partial charge in [-0.15, -0.1) is 0 Å². The Morgan fingerprint density at radius 1 is 1.00 bits per heavy atom. The maximum Gasteiger partial charge on any atom is 0.460 e. The van der Waals surface area contributed by atoms with Gasteiger partial charge in [-0.3, -0.25) is 0 Å². The van der Waals surface area contributed by atoms with Crippen molar-refractivity contribution in [3.8, 4) is 0 Å². The summed E-state index contributed by atoms with van der Waals surface area (Å²) in [7, 11) is 0. The molecule has 1 heterocycles. The predicted molar refractivity (Wildman–Crippen MR) is 61.0 cm³/mol. The molecule has 1 saturated heterocycles. The zero-order valence-electron chi connectivity index (χ0n) is 12.4. The number of aliphatic hydroxyl groups excluding tert-OH is 1. The third-order valence-corrected chi connectivity index (χ3v) is 3.61. The van der Waals surface area contributed by atoms with Gasteiger partial charge in [0.1, 0.15) is 6.10 Å². The number of hydrogen-bond donors (Lipinski definition) is 1. The SMILES string of the molecule is CCO[C@@H]1OC(C)CC(C(F)(F)C(F)(F)C(F)(F)C(F)(F)F)C1O. The molecule has 0 radical (unpaired) electrons. The van der Waals surface area contributed by atoms with Crippen molar-refractivity contribution >= 4 is 0 Å². The van der Waals surface area contributed by atoms with Crippen molar-refractivity contribution in [3.05, 3.63) is 0 Å². The zero-order valence-corrected chi connectivity index (χ0v) is 12.4. The molecule has 0 spiro atoms. The smallest absolute Gasteiger partial charge is 0.387 e. The molecule has 0 aromatic carbocycles. The topological polar surface area (TPSA) is 38.7 Å². The summed E-state index contributed by atoms with van der Waals surface area (Å²) in [6.45, 7) is 2.23. The van der Waals surface area contributed by atoms with Crippen molar-refractivity contribution in [2.24, 2.45) is 5.92 Å². The van der Waals surface area contributed by atoms with E-state index in [1.54, 1.807) is 0 Å². The Morgan fingerprint density at radius 3 is 1.92 bits per heavy atom. The highest BCUT2D eigenvalue weighted by Gasteiger charge is 2.83. The summed E-state index contributed by atoms with van der Waals surface area (Å²) < 4.78 is 127. The van der Waals surface area contributed by atoms with Crippen LogP contribution < -0.4 is 0 Å². The normalized spacial score (nSPS) is 30.5. The van der Waals surface area contributed by atoms with Crippen molar-refractivity contribution in [2.45, 2.75) is 62.7 Å². The van der Waals surface area contributed by atoms with E-state index in [-0.39, 0.29) is 6.61 Å². The van der Waals surface area contributed by atoms with Crippen molar-refractivity contribution < 1.29 is 54.1 Å². The summed E-state index contributed by atoms with van der Waals surface area (Å²) >= 11 is 0. The maximum atomic E-state index is 13.9. The second-order valence-corrected chi connectivity index (χ2v) is 5.37. The molecule has 0 aromatic heterocycles. The number of halogens is 9. The van der Waals surface area contributed by atoms with Crippen molar-refractivity contribution in [2.75, 3.05) is 6.61 Å². The van der Waals surface area contributed by atoms with Crippen molar-refractivity contribution in [1.29, 1.82) is 0 Å². The van der Waals surface area contributed by atoms with Gasteiger partial charge < -0.3 is 14.6 Å². The van der Waals surface area contributed by atoms with E-state index in [4.69, 9.17) is 9.47 Å². The summed E-state index contributed by atoms with van der Waals surface area (Å²) in [6, 6.07) is 0. The molecule has 0 bridgehead atoms. The Morgan fingerprint density at radius 2 is 1.50 bits per heavy atom. The van der Waals surface area contributed by atoms with Gasteiger partial charge in [0.05, 0.1) is 12.0 Å². The van der Waals surface area contributed by atoms with Gasteiger partial charge in [0.2, 0.25) is 0 Å². The van der Waals surface area contributed by atoms with Gasteiger partial charge in [-0.05, 0) is 20.3 Å². The Bertz CT molecular complexity index is 438. The van der Waals surface area contributed by atoms with Gasteiger partial charge in [-0.1, -0.05) is 0 Å². The van der Waals surface area contributed by atoms with Crippen LogP contribution in [0.1, 0.15) is 20.3 Å². The molecule has 1 N–H and O–H groups in total. The molecular weight excluding hydrogens is 363 g/mol. The minimum absolute atomic E-state index is 0.207. The molecule has 0 amide bonds. The van der Waals surface area contributed by atoms with Gasteiger partial charge >= 0.3 is 23.9 Å². The van der Waals surface area contributed by atoms with E-state index in [2.05, 4.69) is 0 Å². The average Bonchev–Trinajstić information content (AvgIpc) is 2.40. The van der Waals surface area contributed by atoms with Crippen LogP contribution in [0.4, 0.5) is 39.5 Å². The number of rotatable bonds is 5. The van der Waals surface area contributed by atoms with E-state index >= 15 is 0 Å². The highest BCUT2D eigenvalue weighted by Crippen LogP contribution is 2.57. The van der Waals surface area contributed by atoms with E-state index in [9.17, 15) is 44.6 Å². The molecule has 24 heavy (non-hydrogen) atoms. The minimum Gasteiger partial charge on any atom is -0.387 e. The van der Waals surface area contributed by atoms with E-state index in [1.165, 1.54) is 6.92 Å². The highest BCUT2D eigenvalue weighted by molar-refractivity contribution is 5.05. The number of alkyl halides is 9. The second-order valence-electron chi connectivity index (χ2n) is 5.37. The molecule has 3 unspecified atom stereocenters. The van der Waals surface area contributed by atoms with Crippen LogP contribution in [0.5, 0.6) is 0 Å². The van der Waals surface area contributed by atoms with Crippen LogP contribution in [-0.4, -0.2) is 54.2 Å².